The Morgan fingerprint density at radius 1 is 1.39 bits per heavy atom. The predicted molar refractivity (Wildman–Crippen MR) is 72.0 cm³/mol. The van der Waals surface area contributed by atoms with Gasteiger partial charge in [-0.3, -0.25) is 9.59 Å². The van der Waals surface area contributed by atoms with Crippen molar-refractivity contribution in [3.05, 3.63) is 34.3 Å². The van der Waals surface area contributed by atoms with Crippen molar-refractivity contribution >= 4 is 27.7 Å². The summed E-state index contributed by atoms with van der Waals surface area (Å²) in [5, 5.41) is 5.69. The average molecular weight is 311 g/mol. The number of amides is 2. The number of hydrogen-bond acceptors (Lipinski definition) is 2. The van der Waals surface area contributed by atoms with Gasteiger partial charge in [-0.1, -0.05) is 28.1 Å². The second kappa shape index (κ2) is 6.00. The van der Waals surface area contributed by atoms with Crippen LogP contribution in [0.5, 0.6) is 0 Å². The quantitative estimate of drug-likeness (QED) is 0.886. The standard InChI is InChI=1S/C13H15BrN2O2/c14-10-3-1-9(2-4-10)7-13(18)16-11-5-6-12(17)15-8-11/h1-4,11H,5-8H2,(H,15,17)(H,16,18). The Kier molecular flexibility index (Phi) is 4.36. The summed E-state index contributed by atoms with van der Waals surface area (Å²) in [7, 11) is 0. The van der Waals surface area contributed by atoms with Gasteiger partial charge >= 0.3 is 0 Å². The third-order valence-electron chi connectivity index (χ3n) is 2.91. The minimum absolute atomic E-state index is 0.00142. The van der Waals surface area contributed by atoms with Crippen molar-refractivity contribution < 1.29 is 9.59 Å². The molecular weight excluding hydrogens is 296 g/mol. The molecule has 96 valence electrons. The number of piperidine rings is 1. The van der Waals surface area contributed by atoms with Crippen LogP contribution in [0.3, 0.4) is 0 Å². The van der Waals surface area contributed by atoms with Crippen molar-refractivity contribution in [2.75, 3.05) is 6.54 Å². The number of hydrogen-bond donors (Lipinski definition) is 2. The van der Waals surface area contributed by atoms with Crippen LogP contribution in [0.4, 0.5) is 0 Å². The molecule has 1 aliphatic heterocycles. The van der Waals surface area contributed by atoms with E-state index in [0.717, 1.165) is 16.5 Å². The van der Waals surface area contributed by atoms with E-state index in [9.17, 15) is 9.59 Å². The summed E-state index contributed by atoms with van der Waals surface area (Å²) in [6.07, 6.45) is 1.58. The van der Waals surface area contributed by atoms with Gasteiger partial charge in [0.25, 0.3) is 0 Å². The molecule has 4 nitrogen and oxygen atoms in total. The third kappa shape index (κ3) is 3.84. The van der Waals surface area contributed by atoms with Gasteiger partial charge in [-0.15, -0.1) is 0 Å². The number of rotatable bonds is 3. The second-order valence-corrected chi connectivity index (χ2v) is 5.33. The van der Waals surface area contributed by atoms with Crippen molar-refractivity contribution in [1.82, 2.24) is 10.6 Å². The summed E-state index contributed by atoms with van der Waals surface area (Å²) in [6.45, 7) is 0.533. The van der Waals surface area contributed by atoms with Crippen LogP contribution in [0, 0.1) is 0 Å². The van der Waals surface area contributed by atoms with Crippen LogP contribution in [0.1, 0.15) is 18.4 Å². The summed E-state index contributed by atoms with van der Waals surface area (Å²) in [6, 6.07) is 7.75. The molecule has 0 bridgehead atoms. The second-order valence-electron chi connectivity index (χ2n) is 4.41. The molecule has 1 atom stereocenters. The summed E-state index contributed by atoms with van der Waals surface area (Å²) < 4.78 is 1.00. The topological polar surface area (TPSA) is 58.2 Å². The van der Waals surface area contributed by atoms with Crippen LogP contribution in [-0.4, -0.2) is 24.4 Å². The molecule has 1 heterocycles. The van der Waals surface area contributed by atoms with Crippen molar-refractivity contribution in [3.63, 3.8) is 0 Å². The fourth-order valence-electron chi connectivity index (χ4n) is 1.92. The third-order valence-corrected chi connectivity index (χ3v) is 3.44. The molecule has 2 amide bonds. The first kappa shape index (κ1) is 13.1. The summed E-state index contributed by atoms with van der Waals surface area (Å²) >= 11 is 3.36. The van der Waals surface area contributed by atoms with Gasteiger partial charge in [-0.05, 0) is 24.1 Å². The van der Waals surface area contributed by atoms with E-state index in [1.54, 1.807) is 0 Å². The summed E-state index contributed by atoms with van der Waals surface area (Å²) in [5.74, 6) is 0.0619. The zero-order valence-electron chi connectivity index (χ0n) is 9.91. The lowest BCUT2D eigenvalue weighted by atomic mass is 10.1. The van der Waals surface area contributed by atoms with Crippen LogP contribution in [0.25, 0.3) is 0 Å². The predicted octanol–water partition coefficient (Wildman–Crippen LogP) is 1.39. The van der Waals surface area contributed by atoms with Crippen molar-refractivity contribution in [2.45, 2.75) is 25.3 Å². The first-order chi connectivity index (χ1) is 8.63. The average Bonchev–Trinajstić information content (AvgIpc) is 2.35. The van der Waals surface area contributed by atoms with Gasteiger partial charge in [0, 0.05) is 23.5 Å². The molecule has 0 radical (unpaired) electrons. The molecule has 18 heavy (non-hydrogen) atoms. The number of carbonyl (C=O) groups is 2. The highest BCUT2D eigenvalue weighted by Crippen LogP contribution is 2.11. The molecule has 1 aromatic carbocycles. The molecule has 1 aliphatic rings. The van der Waals surface area contributed by atoms with Crippen LogP contribution >= 0.6 is 15.9 Å². The van der Waals surface area contributed by atoms with E-state index in [0.29, 0.717) is 19.4 Å². The van der Waals surface area contributed by atoms with Gasteiger partial charge in [0.05, 0.1) is 6.42 Å². The SMILES string of the molecule is O=C1CCC(NC(=O)Cc2ccc(Br)cc2)CN1. The highest BCUT2D eigenvalue weighted by Gasteiger charge is 2.19. The lowest BCUT2D eigenvalue weighted by molar-refractivity contribution is -0.125. The van der Waals surface area contributed by atoms with Crippen molar-refractivity contribution in [1.29, 1.82) is 0 Å². The fourth-order valence-corrected chi connectivity index (χ4v) is 2.19. The zero-order valence-corrected chi connectivity index (χ0v) is 11.5. The fraction of sp³-hybridized carbons (Fsp3) is 0.385. The Balaban J connectivity index is 1.81. The number of benzene rings is 1. The van der Waals surface area contributed by atoms with E-state index in [2.05, 4.69) is 26.6 Å². The normalized spacial score (nSPS) is 19.2. The van der Waals surface area contributed by atoms with Gasteiger partial charge < -0.3 is 10.6 Å². The van der Waals surface area contributed by atoms with Gasteiger partial charge in [0.2, 0.25) is 11.8 Å². The van der Waals surface area contributed by atoms with Gasteiger partial charge in [0.15, 0.2) is 0 Å². The monoisotopic (exact) mass is 310 g/mol. The number of carbonyl (C=O) groups excluding carboxylic acids is 2. The Hall–Kier alpha value is -1.36. The van der Waals surface area contributed by atoms with Gasteiger partial charge in [-0.2, -0.15) is 0 Å². The molecule has 2 rings (SSSR count). The molecule has 1 saturated heterocycles. The van der Waals surface area contributed by atoms with E-state index in [1.807, 2.05) is 24.3 Å². The lowest BCUT2D eigenvalue weighted by Gasteiger charge is -2.23. The van der Waals surface area contributed by atoms with Crippen molar-refractivity contribution in [2.24, 2.45) is 0 Å². The molecule has 1 aromatic rings. The minimum atomic E-state index is -0.00142. The van der Waals surface area contributed by atoms with Crippen LogP contribution in [-0.2, 0) is 16.0 Å². The molecule has 2 N–H and O–H groups in total. The number of halogens is 1. The largest absolute Gasteiger partial charge is 0.354 e. The highest BCUT2D eigenvalue weighted by atomic mass is 79.9. The van der Waals surface area contributed by atoms with Gasteiger partial charge in [-0.25, -0.2) is 0 Å². The Morgan fingerprint density at radius 3 is 2.72 bits per heavy atom. The maximum absolute atomic E-state index is 11.8. The van der Waals surface area contributed by atoms with Crippen molar-refractivity contribution in [3.8, 4) is 0 Å². The first-order valence-corrected chi connectivity index (χ1v) is 6.73. The van der Waals surface area contributed by atoms with Gasteiger partial charge in [0.1, 0.15) is 0 Å². The lowest BCUT2D eigenvalue weighted by Crippen LogP contribution is -2.48. The molecule has 0 aliphatic carbocycles. The van der Waals surface area contributed by atoms with Crippen LogP contribution in [0.15, 0.2) is 28.7 Å². The van der Waals surface area contributed by atoms with E-state index < -0.39 is 0 Å². The first-order valence-electron chi connectivity index (χ1n) is 5.94. The molecule has 5 heteroatoms. The molecule has 0 aromatic heterocycles. The molecule has 1 unspecified atom stereocenters. The summed E-state index contributed by atoms with van der Waals surface area (Å²) in [4.78, 5) is 22.8. The minimum Gasteiger partial charge on any atom is -0.354 e. The van der Waals surface area contributed by atoms with Crippen LogP contribution < -0.4 is 10.6 Å². The Bertz CT molecular complexity index is 435. The molecule has 0 saturated carbocycles. The smallest absolute Gasteiger partial charge is 0.224 e. The Morgan fingerprint density at radius 2 is 2.11 bits per heavy atom. The molecule has 1 fully saturated rings. The maximum Gasteiger partial charge on any atom is 0.224 e. The van der Waals surface area contributed by atoms with Crippen LogP contribution in [0.2, 0.25) is 0 Å². The van der Waals surface area contributed by atoms with E-state index in [1.165, 1.54) is 0 Å². The van der Waals surface area contributed by atoms with E-state index >= 15 is 0 Å². The van der Waals surface area contributed by atoms with E-state index in [-0.39, 0.29) is 17.9 Å². The number of nitrogens with one attached hydrogen (secondary N) is 2. The summed E-state index contributed by atoms with van der Waals surface area (Å²) in [5.41, 5.74) is 0.982. The Labute approximate surface area is 114 Å². The zero-order chi connectivity index (χ0) is 13.0. The van der Waals surface area contributed by atoms with E-state index in [4.69, 9.17) is 0 Å². The highest BCUT2D eigenvalue weighted by molar-refractivity contribution is 9.10. The molecular formula is C13H15BrN2O2. The molecule has 0 spiro atoms. The maximum atomic E-state index is 11.8.